The number of nitrogens with one attached hydrogen (secondary N) is 3. The van der Waals surface area contributed by atoms with E-state index in [1.807, 2.05) is 6.92 Å². The van der Waals surface area contributed by atoms with Crippen LogP contribution in [0.4, 0.5) is 13.2 Å². The minimum absolute atomic E-state index is 0.0295. The van der Waals surface area contributed by atoms with Crippen molar-refractivity contribution in [1.29, 1.82) is 5.41 Å². The molecule has 7 N–H and O–H groups in total. The van der Waals surface area contributed by atoms with Crippen molar-refractivity contribution in [3.05, 3.63) is 64.4 Å². The van der Waals surface area contributed by atoms with Crippen molar-refractivity contribution in [3.63, 3.8) is 0 Å². The highest BCUT2D eigenvalue weighted by atomic mass is 19.4. The Kier molecular flexibility index (Phi) is 12.0. The van der Waals surface area contributed by atoms with Gasteiger partial charge in [0.2, 0.25) is 0 Å². The zero-order chi connectivity index (χ0) is 24.0. The maximum Gasteiger partial charge on any atom is 0.435 e. The molecule has 0 atom stereocenters. The van der Waals surface area contributed by atoms with E-state index in [1.54, 1.807) is 18.4 Å². The van der Waals surface area contributed by atoms with Gasteiger partial charge < -0.3 is 22.2 Å². The van der Waals surface area contributed by atoms with Crippen LogP contribution in [0.15, 0.2) is 53.2 Å². The number of unbranched alkanes of at least 4 members (excludes halogenated alkanes) is 3. The normalized spacial score (nSPS) is 14.0. The van der Waals surface area contributed by atoms with Gasteiger partial charge in [-0.3, -0.25) is 5.10 Å². The van der Waals surface area contributed by atoms with Gasteiger partial charge in [0.15, 0.2) is 5.69 Å². The quantitative estimate of drug-likeness (QED) is 0.154. The molecule has 178 valence electrons. The largest absolute Gasteiger partial charge is 0.435 e. The van der Waals surface area contributed by atoms with Crippen molar-refractivity contribution in [1.82, 2.24) is 15.5 Å². The van der Waals surface area contributed by atoms with Crippen LogP contribution in [0.1, 0.15) is 63.6 Å². The predicted octanol–water partition coefficient (Wildman–Crippen LogP) is 5.09. The molecule has 0 fully saturated rings. The Morgan fingerprint density at radius 2 is 1.94 bits per heavy atom. The van der Waals surface area contributed by atoms with Crippen LogP contribution in [-0.2, 0) is 12.6 Å². The molecular formula is C23H35F3N6. The van der Waals surface area contributed by atoms with E-state index in [9.17, 15) is 13.2 Å². The summed E-state index contributed by atoms with van der Waals surface area (Å²) in [7, 11) is 0. The number of allylic oxidation sites excluding steroid dienone is 5. The minimum atomic E-state index is -4.53. The topological polar surface area (TPSA) is 117 Å². The lowest BCUT2D eigenvalue weighted by molar-refractivity contribution is -0.141. The molecule has 0 unspecified atom stereocenters. The van der Waals surface area contributed by atoms with Crippen LogP contribution in [0.25, 0.3) is 0 Å². The molecule has 1 heterocycles. The molecule has 1 aromatic rings. The van der Waals surface area contributed by atoms with E-state index in [0.29, 0.717) is 23.3 Å². The molecule has 0 radical (unpaired) electrons. The SMILES string of the molecule is CCCCCN/C=C/C(N)=C(C=N)\C(=C\N)C(=C/Cc1c[nH]nc1C(F)(F)F)\CCCC. The van der Waals surface area contributed by atoms with Crippen molar-refractivity contribution in [2.24, 2.45) is 11.5 Å². The number of aromatic nitrogens is 2. The van der Waals surface area contributed by atoms with Gasteiger partial charge in [0, 0.05) is 47.6 Å². The Morgan fingerprint density at radius 3 is 2.53 bits per heavy atom. The van der Waals surface area contributed by atoms with Crippen molar-refractivity contribution in [2.75, 3.05) is 6.54 Å². The first-order valence-corrected chi connectivity index (χ1v) is 10.9. The van der Waals surface area contributed by atoms with E-state index in [4.69, 9.17) is 16.9 Å². The smallest absolute Gasteiger partial charge is 0.404 e. The average Bonchev–Trinajstić information content (AvgIpc) is 3.24. The first-order chi connectivity index (χ1) is 15.3. The fraction of sp³-hybridized carbons (Fsp3) is 0.478. The van der Waals surface area contributed by atoms with Gasteiger partial charge in [0.05, 0.1) is 0 Å². The van der Waals surface area contributed by atoms with E-state index < -0.39 is 11.9 Å². The number of aromatic amines is 1. The summed E-state index contributed by atoms with van der Waals surface area (Å²) < 4.78 is 39.4. The van der Waals surface area contributed by atoms with Crippen molar-refractivity contribution in [2.45, 2.75) is 65.0 Å². The number of alkyl halides is 3. The first kappa shape index (κ1) is 27.1. The van der Waals surface area contributed by atoms with E-state index in [0.717, 1.165) is 50.4 Å². The molecule has 0 saturated heterocycles. The zero-order valence-electron chi connectivity index (χ0n) is 18.9. The fourth-order valence-electron chi connectivity index (χ4n) is 3.15. The summed E-state index contributed by atoms with van der Waals surface area (Å²) in [6, 6.07) is 0. The molecule has 32 heavy (non-hydrogen) atoms. The molecule has 9 heteroatoms. The molecule has 0 spiro atoms. The molecule has 0 amide bonds. The lowest BCUT2D eigenvalue weighted by atomic mass is 9.92. The number of H-pyrrole nitrogens is 1. The van der Waals surface area contributed by atoms with Crippen molar-refractivity contribution >= 4 is 6.21 Å². The Bertz CT molecular complexity index is 831. The second kappa shape index (κ2) is 14.2. The van der Waals surface area contributed by atoms with Crippen molar-refractivity contribution in [3.8, 4) is 0 Å². The van der Waals surface area contributed by atoms with Gasteiger partial charge >= 0.3 is 6.18 Å². The van der Waals surface area contributed by atoms with Gasteiger partial charge in [-0.2, -0.15) is 18.3 Å². The number of rotatable bonds is 14. The van der Waals surface area contributed by atoms with Crippen LogP contribution >= 0.6 is 0 Å². The van der Waals surface area contributed by atoms with E-state index >= 15 is 0 Å². The molecule has 0 saturated carbocycles. The maximum absolute atomic E-state index is 13.1. The Labute approximate surface area is 188 Å². The Hall–Kier alpha value is -2.97. The highest BCUT2D eigenvalue weighted by Gasteiger charge is 2.35. The van der Waals surface area contributed by atoms with Gasteiger partial charge in [0.1, 0.15) is 0 Å². The highest BCUT2D eigenvalue weighted by molar-refractivity contribution is 5.86. The van der Waals surface area contributed by atoms with Gasteiger partial charge in [-0.15, -0.1) is 0 Å². The summed E-state index contributed by atoms with van der Waals surface area (Å²) in [5, 5.41) is 16.6. The van der Waals surface area contributed by atoms with E-state index in [1.165, 1.54) is 12.4 Å². The summed E-state index contributed by atoms with van der Waals surface area (Å²) in [5.74, 6) is 0. The zero-order valence-corrected chi connectivity index (χ0v) is 18.9. The summed E-state index contributed by atoms with van der Waals surface area (Å²) in [6.07, 6.45) is 9.97. The number of hydrogen-bond donors (Lipinski definition) is 5. The summed E-state index contributed by atoms with van der Waals surface area (Å²) >= 11 is 0. The Balaban J connectivity index is 3.15. The number of nitrogens with two attached hydrogens (primary N) is 2. The van der Waals surface area contributed by atoms with Crippen LogP contribution in [0.2, 0.25) is 0 Å². The third-order valence-corrected chi connectivity index (χ3v) is 4.92. The van der Waals surface area contributed by atoms with E-state index in [2.05, 4.69) is 22.4 Å². The van der Waals surface area contributed by atoms with E-state index in [-0.39, 0.29) is 12.0 Å². The average molecular weight is 453 g/mol. The second-order valence-electron chi connectivity index (χ2n) is 7.38. The van der Waals surface area contributed by atoms with Crippen molar-refractivity contribution < 1.29 is 13.2 Å². The molecular weight excluding hydrogens is 417 g/mol. The first-order valence-electron chi connectivity index (χ1n) is 10.9. The molecule has 0 aliphatic carbocycles. The molecule has 0 aromatic carbocycles. The number of nitrogens with zero attached hydrogens (tertiary/aromatic N) is 1. The highest BCUT2D eigenvalue weighted by Crippen LogP contribution is 2.31. The molecule has 1 aromatic heterocycles. The molecule has 6 nitrogen and oxygen atoms in total. The molecule has 1 rings (SSSR count). The predicted molar refractivity (Wildman–Crippen MR) is 124 cm³/mol. The Morgan fingerprint density at radius 1 is 1.22 bits per heavy atom. The van der Waals surface area contributed by atoms with Crippen LogP contribution in [-0.4, -0.2) is 23.0 Å². The van der Waals surface area contributed by atoms with Gasteiger partial charge in [-0.25, -0.2) is 0 Å². The summed E-state index contributed by atoms with van der Waals surface area (Å²) in [5.41, 5.74) is 13.3. The van der Waals surface area contributed by atoms with Crippen LogP contribution in [0, 0.1) is 5.41 Å². The number of halogens is 3. The lowest BCUT2D eigenvalue weighted by Crippen LogP contribution is -2.11. The maximum atomic E-state index is 13.1. The third kappa shape index (κ3) is 8.64. The standard InChI is InChI=1S/C23H35F3N6/c1-3-5-7-12-30-13-11-21(29)20(15-28)19(14-27)17(8-6-4-2)9-10-18-16-31-32-22(18)23(24,25)26/h9,11,13-16,28,30H,3-8,10,12,27,29H2,1-2H3,(H,31,32)/b13-11+,17-9-,19-14+,21-20+,28-15?. The summed E-state index contributed by atoms with van der Waals surface area (Å²) in [6.45, 7) is 4.98. The van der Waals surface area contributed by atoms with Gasteiger partial charge in [-0.05, 0) is 43.5 Å². The second-order valence-corrected chi connectivity index (χ2v) is 7.38. The monoisotopic (exact) mass is 452 g/mol. The van der Waals surface area contributed by atoms with Gasteiger partial charge in [-0.1, -0.05) is 39.2 Å². The van der Waals surface area contributed by atoms with Crippen LogP contribution in [0.3, 0.4) is 0 Å². The molecule has 0 aliphatic heterocycles. The molecule has 0 bridgehead atoms. The van der Waals surface area contributed by atoms with Gasteiger partial charge in [0.25, 0.3) is 0 Å². The fourth-order valence-corrected chi connectivity index (χ4v) is 3.15. The summed E-state index contributed by atoms with van der Waals surface area (Å²) in [4.78, 5) is 0. The van der Waals surface area contributed by atoms with Crippen LogP contribution < -0.4 is 16.8 Å². The molecule has 0 aliphatic rings. The lowest BCUT2D eigenvalue weighted by Gasteiger charge is -2.15. The third-order valence-electron chi connectivity index (χ3n) is 4.92. The van der Waals surface area contributed by atoms with Crippen LogP contribution in [0.5, 0.6) is 0 Å². The number of hydrogen-bond acceptors (Lipinski definition) is 5. The minimum Gasteiger partial charge on any atom is -0.404 e.